The molecule has 78 valence electrons. The lowest BCUT2D eigenvalue weighted by atomic mass is 10.2. The van der Waals surface area contributed by atoms with Gasteiger partial charge in [0.05, 0.1) is 9.35 Å². The third kappa shape index (κ3) is 1.75. The summed E-state index contributed by atoms with van der Waals surface area (Å²) in [5.74, 6) is -0.875. The molecule has 4 N–H and O–H groups in total. The molecule has 2 heterocycles. The first kappa shape index (κ1) is 10.2. The Labute approximate surface area is 97.1 Å². The number of carboxylic acid groups (broad SMARTS) is 1. The zero-order chi connectivity index (χ0) is 11.0. The number of anilines is 1. The van der Waals surface area contributed by atoms with E-state index in [2.05, 4.69) is 26.1 Å². The predicted molar refractivity (Wildman–Crippen MR) is 61.0 cm³/mol. The van der Waals surface area contributed by atoms with Crippen molar-refractivity contribution in [2.45, 2.75) is 0 Å². The number of nitrogens with one attached hydrogen (secondary N) is 1. The quantitative estimate of drug-likeness (QED) is 0.789. The molecular weight excluding hydrogens is 282 g/mol. The molecule has 2 rings (SSSR count). The Kier molecular flexibility index (Phi) is 2.49. The van der Waals surface area contributed by atoms with Crippen LogP contribution < -0.4 is 5.73 Å². The van der Waals surface area contributed by atoms with Gasteiger partial charge in [-0.2, -0.15) is 5.10 Å². The fourth-order valence-electron chi connectivity index (χ4n) is 1.21. The Hall–Kier alpha value is -1.34. The van der Waals surface area contributed by atoms with Gasteiger partial charge < -0.3 is 10.8 Å². The van der Waals surface area contributed by atoms with Crippen molar-refractivity contribution in [1.82, 2.24) is 10.2 Å². The number of aromatic amines is 1. The van der Waals surface area contributed by atoms with E-state index >= 15 is 0 Å². The van der Waals surface area contributed by atoms with Crippen molar-refractivity contribution in [3.63, 3.8) is 0 Å². The average molecular weight is 288 g/mol. The van der Waals surface area contributed by atoms with Crippen LogP contribution in [0.1, 0.15) is 10.5 Å². The minimum atomic E-state index is -1.07. The lowest BCUT2D eigenvalue weighted by Crippen LogP contribution is -1.98. The highest BCUT2D eigenvalue weighted by molar-refractivity contribution is 9.11. The van der Waals surface area contributed by atoms with Crippen LogP contribution in [0.25, 0.3) is 10.4 Å². The molecule has 0 saturated carbocycles. The summed E-state index contributed by atoms with van der Waals surface area (Å²) in [5.41, 5.74) is 6.06. The Morgan fingerprint density at radius 1 is 1.60 bits per heavy atom. The third-order valence-corrected chi connectivity index (χ3v) is 3.47. The van der Waals surface area contributed by atoms with Crippen molar-refractivity contribution < 1.29 is 9.90 Å². The van der Waals surface area contributed by atoms with Gasteiger partial charge >= 0.3 is 5.97 Å². The summed E-state index contributed by atoms with van der Waals surface area (Å²) in [7, 11) is 0. The first-order valence-corrected chi connectivity index (χ1v) is 5.53. The van der Waals surface area contributed by atoms with E-state index in [4.69, 9.17) is 10.8 Å². The highest BCUT2D eigenvalue weighted by Crippen LogP contribution is 2.35. The summed E-state index contributed by atoms with van der Waals surface area (Å²) >= 11 is 4.71. The maximum absolute atomic E-state index is 10.9. The van der Waals surface area contributed by atoms with Crippen LogP contribution in [0.5, 0.6) is 0 Å². The SMILES string of the molecule is Nc1n[nH]c(C(=O)O)c1-c1ccc(Br)s1. The second kappa shape index (κ2) is 3.67. The van der Waals surface area contributed by atoms with Crippen LogP contribution in [-0.4, -0.2) is 21.3 Å². The highest BCUT2D eigenvalue weighted by atomic mass is 79.9. The maximum atomic E-state index is 10.9. The smallest absolute Gasteiger partial charge is 0.354 e. The molecule has 0 saturated heterocycles. The van der Waals surface area contributed by atoms with Crippen LogP contribution in [0.4, 0.5) is 5.82 Å². The number of carboxylic acids is 1. The van der Waals surface area contributed by atoms with Gasteiger partial charge in [-0.05, 0) is 28.1 Å². The Morgan fingerprint density at radius 2 is 2.33 bits per heavy atom. The number of hydrogen-bond donors (Lipinski definition) is 3. The molecule has 15 heavy (non-hydrogen) atoms. The molecule has 0 bridgehead atoms. The van der Waals surface area contributed by atoms with E-state index in [1.807, 2.05) is 6.07 Å². The van der Waals surface area contributed by atoms with E-state index in [1.54, 1.807) is 6.07 Å². The molecule has 7 heteroatoms. The van der Waals surface area contributed by atoms with Gasteiger partial charge in [0, 0.05) is 4.88 Å². The van der Waals surface area contributed by atoms with Gasteiger partial charge in [0.1, 0.15) is 0 Å². The topological polar surface area (TPSA) is 92.0 Å². The second-order valence-corrected chi connectivity index (χ2v) is 5.23. The summed E-state index contributed by atoms with van der Waals surface area (Å²) in [4.78, 5) is 11.7. The van der Waals surface area contributed by atoms with Gasteiger partial charge in [-0.15, -0.1) is 11.3 Å². The highest BCUT2D eigenvalue weighted by Gasteiger charge is 2.19. The fraction of sp³-hybridized carbons (Fsp3) is 0. The van der Waals surface area contributed by atoms with E-state index in [1.165, 1.54) is 11.3 Å². The standard InChI is InChI=1S/C8H6BrN3O2S/c9-4-2-1-3(15-4)5-6(8(13)14)11-12-7(5)10/h1-2H,(H,13,14)(H3,10,11,12). The number of aromatic nitrogens is 2. The molecular formula is C8H6BrN3O2S. The number of thiophene rings is 1. The van der Waals surface area contributed by atoms with Gasteiger partial charge in [0.25, 0.3) is 0 Å². The molecule has 0 aliphatic carbocycles. The van der Waals surface area contributed by atoms with Crippen LogP contribution in [0.2, 0.25) is 0 Å². The average Bonchev–Trinajstić information content (AvgIpc) is 2.71. The summed E-state index contributed by atoms with van der Waals surface area (Å²) < 4.78 is 0.912. The van der Waals surface area contributed by atoms with Crippen LogP contribution in [0.3, 0.4) is 0 Å². The number of H-pyrrole nitrogens is 1. The second-order valence-electron chi connectivity index (χ2n) is 2.77. The van der Waals surface area contributed by atoms with E-state index in [-0.39, 0.29) is 11.5 Å². The molecule has 0 fully saturated rings. The molecule has 2 aromatic rings. The number of nitrogens with two attached hydrogens (primary N) is 1. The lowest BCUT2D eigenvalue weighted by molar-refractivity contribution is 0.0691. The summed E-state index contributed by atoms with van der Waals surface area (Å²) in [6.45, 7) is 0. The van der Waals surface area contributed by atoms with Crippen LogP contribution in [0, 0.1) is 0 Å². The third-order valence-electron chi connectivity index (χ3n) is 1.83. The zero-order valence-corrected chi connectivity index (χ0v) is 9.72. The molecule has 5 nitrogen and oxygen atoms in total. The van der Waals surface area contributed by atoms with E-state index in [0.29, 0.717) is 5.56 Å². The molecule has 0 aliphatic rings. The van der Waals surface area contributed by atoms with Crippen molar-refractivity contribution >= 4 is 39.1 Å². The van der Waals surface area contributed by atoms with Crippen LogP contribution in [-0.2, 0) is 0 Å². The summed E-state index contributed by atoms with van der Waals surface area (Å²) in [6.07, 6.45) is 0. The first-order chi connectivity index (χ1) is 7.09. The largest absolute Gasteiger partial charge is 0.477 e. The fourth-order valence-corrected chi connectivity index (χ4v) is 2.66. The van der Waals surface area contributed by atoms with Crippen molar-refractivity contribution in [1.29, 1.82) is 0 Å². The molecule has 0 spiro atoms. The van der Waals surface area contributed by atoms with E-state index in [0.717, 1.165) is 8.66 Å². The summed E-state index contributed by atoms with van der Waals surface area (Å²) in [5, 5.41) is 15.0. The Morgan fingerprint density at radius 3 is 2.87 bits per heavy atom. The number of hydrogen-bond acceptors (Lipinski definition) is 4. The molecule has 0 amide bonds. The van der Waals surface area contributed by atoms with Crippen LogP contribution in [0.15, 0.2) is 15.9 Å². The minimum Gasteiger partial charge on any atom is -0.477 e. The monoisotopic (exact) mass is 287 g/mol. The number of aromatic carboxylic acids is 1. The van der Waals surface area contributed by atoms with Gasteiger partial charge in [-0.25, -0.2) is 4.79 Å². The molecule has 0 aromatic carbocycles. The Bertz CT molecular complexity index is 520. The Balaban J connectivity index is 2.60. The van der Waals surface area contributed by atoms with E-state index < -0.39 is 5.97 Å². The number of nitrogens with zero attached hydrogens (tertiary/aromatic N) is 1. The van der Waals surface area contributed by atoms with Crippen LogP contribution >= 0.6 is 27.3 Å². The maximum Gasteiger partial charge on any atom is 0.354 e. The van der Waals surface area contributed by atoms with Gasteiger partial charge in [-0.3, -0.25) is 5.10 Å². The number of rotatable bonds is 2. The predicted octanol–water partition coefficient (Wildman–Crippen LogP) is 2.18. The molecule has 0 atom stereocenters. The zero-order valence-electron chi connectivity index (χ0n) is 7.32. The molecule has 2 aromatic heterocycles. The lowest BCUT2D eigenvalue weighted by Gasteiger charge is -1.95. The van der Waals surface area contributed by atoms with Crippen molar-refractivity contribution in [3.8, 4) is 10.4 Å². The molecule has 0 radical (unpaired) electrons. The van der Waals surface area contributed by atoms with E-state index in [9.17, 15) is 4.79 Å². The van der Waals surface area contributed by atoms with Crippen molar-refractivity contribution in [3.05, 3.63) is 21.6 Å². The van der Waals surface area contributed by atoms with Crippen molar-refractivity contribution in [2.24, 2.45) is 0 Å². The van der Waals surface area contributed by atoms with Crippen molar-refractivity contribution in [2.75, 3.05) is 5.73 Å². The number of carbonyl (C=O) groups is 1. The number of halogens is 1. The number of nitrogen functional groups attached to an aromatic ring is 1. The molecule has 0 unspecified atom stereocenters. The minimum absolute atomic E-state index is 0.0156. The summed E-state index contributed by atoms with van der Waals surface area (Å²) in [6, 6.07) is 3.63. The normalized spacial score (nSPS) is 10.5. The first-order valence-electron chi connectivity index (χ1n) is 3.92. The van der Waals surface area contributed by atoms with Gasteiger partial charge in [0.15, 0.2) is 11.5 Å². The molecule has 0 aliphatic heterocycles. The van der Waals surface area contributed by atoms with Gasteiger partial charge in [-0.1, -0.05) is 0 Å². The van der Waals surface area contributed by atoms with Gasteiger partial charge in [0.2, 0.25) is 0 Å².